The number of amides is 2. The minimum Gasteiger partial charge on any atom is -0.370 e. The van der Waals surface area contributed by atoms with Gasteiger partial charge in [-0.05, 0) is 12.8 Å². The van der Waals surface area contributed by atoms with Crippen LogP contribution in [0, 0.1) is 0 Å². The SMILES string of the molecule is CCCCCCCCCCCC.NC(=O)CCCCCCCCC(N)=O. The molecule has 0 atom stereocenters. The molecule has 4 N–H and O–H groups in total. The maximum atomic E-state index is 10.4. The van der Waals surface area contributed by atoms with Crippen LogP contribution in [0.25, 0.3) is 0 Å². The van der Waals surface area contributed by atoms with Crippen molar-refractivity contribution in [3.63, 3.8) is 0 Å². The zero-order chi connectivity index (χ0) is 19.9. The fourth-order valence-corrected chi connectivity index (χ4v) is 2.87. The van der Waals surface area contributed by atoms with E-state index in [1.807, 2.05) is 0 Å². The van der Waals surface area contributed by atoms with Crippen molar-refractivity contribution >= 4 is 11.8 Å². The van der Waals surface area contributed by atoms with Crippen molar-refractivity contribution in [1.82, 2.24) is 0 Å². The van der Waals surface area contributed by atoms with E-state index in [1.165, 1.54) is 64.2 Å². The summed E-state index contributed by atoms with van der Waals surface area (Å²) in [5.41, 5.74) is 10.00. The molecule has 4 heteroatoms. The number of carbonyl (C=O) groups excluding carboxylic acids is 2. The van der Waals surface area contributed by atoms with Crippen LogP contribution >= 0.6 is 0 Å². The average Bonchev–Trinajstić information content (AvgIpc) is 2.60. The quantitative estimate of drug-likeness (QED) is 0.290. The van der Waals surface area contributed by atoms with Crippen LogP contribution in [0.5, 0.6) is 0 Å². The standard InChI is InChI=1S/C12H26.C10H20N2O2/c1-3-5-7-9-11-12-10-8-6-4-2;11-9(13)7-5-3-1-2-4-6-8-10(12)14/h3-12H2,1-2H3;1-8H2,(H2,11,13)(H2,12,14). The molecule has 2 amide bonds. The molecule has 0 saturated carbocycles. The molecule has 0 unspecified atom stereocenters. The summed E-state index contributed by atoms with van der Waals surface area (Å²) in [4.78, 5) is 20.8. The summed E-state index contributed by atoms with van der Waals surface area (Å²) < 4.78 is 0. The Kier molecular flexibility index (Phi) is 25.0. The lowest BCUT2D eigenvalue weighted by atomic mass is 10.1. The van der Waals surface area contributed by atoms with Gasteiger partial charge < -0.3 is 11.5 Å². The second-order valence-corrected chi connectivity index (χ2v) is 7.38. The van der Waals surface area contributed by atoms with E-state index in [9.17, 15) is 9.59 Å². The van der Waals surface area contributed by atoms with Crippen molar-refractivity contribution in [3.05, 3.63) is 0 Å². The Bertz CT molecular complexity index is 277. The number of carbonyl (C=O) groups is 2. The van der Waals surface area contributed by atoms with Crippen LogP contribution in [0.4, 0.5) is 0 Å². The average molecular weight is 371 g/mol. The van der Waals surface area contributed by atoms with Crippen LogP contribution in [0.15, 0.2) is 0 Å². The molecule has 0 spiro atoms. The fraction of sp³-hybridized carbons (Fsp3) is 0.909. The van der Waals surface area contributed by atoms with E-state index in [0.717, 1.165) is 38.5 Å². The van der Waals surface area contributed by atoms with Crippen LogP contribution < -0.4 is 11.5 Å². The van der Waals surface area contributed by atoms with Gasteiger partial charge in [-0.25, -0.2) is 0 Å². The number of hydrogen-bond donors (Lipinski definition) is 2. The topological polar surface area (TPSA) is 86.2 Å². The summed E-state index contributed by atoms with van der Waals surface area (Å²) >= 11 is 0. The van der Waals surface area contributed by atoms with E-state index in [0.29, 0.717) is 12.8 Å². The smallest absolute Gasteiger partial charge is 0.217 e. The van der Waals surface area contributed by atoms with Gasteiger partial charge in [0.2, 0.25) is 11.8 Å². The maximum Gasteiger partial charge on any atom is 0.217 e. The Balaban J connectivity index is 0. The molecule has 156 valence electrons. The summed E-state index contributed by atoms with van der Waals surface area (Å²) in [7, 11) is 0. The molecule has 0 saturated heterocycles. The Morgan fingerprint density at radius 3 is 0.923 bits per heavy atom. The molecule has 0 fully saturated rings. The lowest BCUT2D eigenvalue weighted by molar-refractivity contribution is -0.119. The predicted molar refractivity (Wildman–Crippen MR) is 113 cm³/mol. The zero-order valence-corrected chi connectivity index (χ0v) is 17.7. The molecule has 0 aromatic carbocycles. The second kappa shape index (κ2) is 23.9. The predicted octanol–water partition coefficient (Wildman–Crippen LogP) is 6.01. The van der Waals surface area contributed by atoms with Gasteiger partial charge in [0.05, 0.1) is 0 Å². The first kappa shape index (κ1) is 27.2. The van der Waals surface area contributed by atoms with Crippen molar-refractivity contribution in [2.75, 3.05) is 0 Å². The van der Waals surface area contributed by atoms with Crippen LogP contribution in [-0.2, 0) is 9.59 Å². The van der Waals surface area contributed by atoms with Crippen LogP contribution in [0.3, 0.4) is 0 Å². The van der Waals surface area contributed by atoms with Crippen molar-refractivity contribution in [2.45, 2.75) is 129 Å². The lowest BCUT2D eigenvalue weighted by Gasteiger charge is -1.99. The van der Waals surface area contributed by atoms with Gasteiger partial charge in [-0.2, -0.15) is 0 Å². The van der Waals surface area contributed by atoms with Gasteiger partial charge in [-0.1, -0.05) is 104 Å². The van der Waals surface area contributed by atoms with Crippen molar-refractivity contribution < 1.29 is 9.59 Å². The normalized spacial score (nSPS) is 10.2. The third-order valence-electron chi connectivity index (χ3n) is 4.55. The van der Waals surface area contributed by atoms with E-state index in [1.54, 1.807) is 0 Å². The number of unbranched alkanes of at least 4 members (excludes halogenated alkanes) is 14. The van der Waals surface area contributed by atoms with E-state index >= 15 is 0 Å². The third-order valence-corrected chi connectivity index (χ3v) is 4.55. The molecular formula is C22H46N2O2. The van der Waals surface area contributed by atoms with Crippen molar-refractivity contribution in [1.29, 1.82) is 0 Å². The molecule has 0 bridgehead atoms. The summed E-state index contributed by atoms with van der Waals surface area (Å²) in [5.74, 6) is -0.447. The highest BCUT2D eigenvalue weighted by Gasteiger charge is 1.96. The number of rotatable bonds is 18. The molecular weight excluding hydrogens is 324 g/mol. The monoisotopic (exact) mass is 370 g/mol. The molecule has 4 nitrogen and oxygen atoms in total. The molecule has 0 aromatic rings. The summed E-state index contributed by atoms with van der Waals surface area (Å²) in [5, 5.41) is 0. The first-order valence-corrected chi connectivity index (χ1v) is 11.1. The highest BCUT2D eigenvalue weighted by Crippen LogP contribution is 2.10. The summed E-state index contributed by atoms with van der Waals surface area (Å²) in [6.07, 6.45) is 21.5. The molecule has 0 aliphatic carbocycles. The number of nitrogens with two attached hydrogens (primary N) is 2. The second-order valence-electron chi connectivity index (χ2n) is 7.38. The molecule has 0 aliphatic heterocycles. The Morgan fingerprint density at radius 2 is 0.692 bits per heavy atom. The van der Waals surface area contributed by atoms with E-state index in [-0.39, 0.29) is 11.8 Å². The molecule has 0 aromatic heterocycles. The minimum absolute atomic E-state index is 0.223. The number of primary amides is 2. The van der Waals surface area contributed by atoms with Crippen LogP contribution in [-0.4, -0.2) is 11.8 Å². The van der Waals surface area contributed by atoms with E-state index in [4.69, 9.17) is 11.5 Å². The van der Waals surface area contributed by atoms with E-state index in [2.05, 4.69) is 13.8 Å². The van der Waals surface area contributed by atoms with Crippen LogP contribution in [0.1, 0.15) is 129 Å². The maximum absolute atomic E-state index is 10.4. The molecule has 0 heterocycles. The third kappa shape index (κ3) is 30.8. The summed E-state index contributed by atoms with van der Waals surface area (Å²) in [6.45, 7) is 4.56. The first-order chi connectivity index (χ1) is 12.5. The lowest BCUT2D eigenvalue weighted by Crippen LogP contribution is -2.09. The van der Waals surface area contributed by atoms with Gasteiger partial charge >= 0.3 is 0 Å². The molecule has 26 heavy (non-hydrogen) atoms. The Labute approximate surface area is 162 Å². The highest BCUT2D eigenvalue weighted by molar-refractivity contribution is 5.73. The van der Waals surface area contributed by atoms with Gasteiger partial charge in [0, 0.05) is 12.8 Å². The first-order valence-electron chi connectivity index (χ1n) is 11.1. The molecule has 0 aliphatic rings. The molecule has 0 rings (SSSR count). The number of hydrogen-bond acceptors (Lipinski definition) is 2. The minimum atomic E-state index is -0.223. The van der Waals surface area contributed by atoms with Gasteiger partial charge in [-0.3, -0.25) is 9.59 Å². The highest BCUT2D eigenvalue weighted by atomic mass is 16.1. The van der Waals surface area contributed by atoms with Gasteiger partial charge in [0.25, 0.3) is 0 Å². The van der Waals surface area contributed by atoms with Gasteiger partial charge in [-0.15, -0.1) is 0 Å². The van der Waals surface area contributed by atoms with Gasteiger partial charge in [0.15, 0.2) is 0 Å². The largest absolute Gasteiger partial charge is 0.370 e. The van der Waals surface area contributed by atoms with Crippen molar-refractivity contribution in [3.8, 4) is 0 Å². The molecule has 0 radical (unpaired) electrons. The van der Waals surface area contributed by atoms with E-state index < -0.39 is 0 Å². The van der Waals surface area contributed by atoms with Crippen molar-refractivity contribution in [2.24, 2.45) is 11.5 Å². The zero-order valence-electron chi connectivity index (χ0n) is 17.7. The Morgan fingerprint density at radius 1 is 0.462 bits per heavy atom. The summed E-state index contributed by atoms with van der Waals surface area (Å²) in [6, 6.07) is 0. The van der Waals surface area contributed by atoms with Gasteiger partial charge in [0.1, 0.15) is 0 Å². The fourth-order valence-electron chi connectivity index (χ4n) is 2.87. The Hall–Kier alpha value is -1.06. The van der Waals surface area contributed by atoms with Crippen LogP contribution in [0.2, 0.25) is 0 Å².